The average Bonchev–Trinajstić information content (AvgIpc) is 1.40. The monoisotopic (exact) mass is 1810 g/mol. The van der Waals surface area contributed by atoms with E-state index in [1.54, 1.807) is 22.7 Å². The quantitative estimate of drug-likeness (QED) is 0.136. The minimum absolute atomic E-state index is 0.00295. The summed E-state index contributed by atoms with van der Waals surface area (Å²) in [5.74, 6) is 1.67. The standard InChI is InChI=1S/C41H24N4O.2C41H24N4S/c1-2-12-27(13-3-1)39-42-40(31-19-10-22-35-38(31)29-17-6-7-21-34(29)46-35)44-41(43-39)45-32-20-9-15-26-14-8-18-30(36(26)32)37-28-16-5-4-11-25(28)23-24-33(37)45;1-2-11-27(12-3-1)39-42-40(28-20-22-31-30-16-6-7-19-35(30)46-36(31)24-28)44-41(43-39)45-33-18-9-14-26-13-8-17-32(37(26)33)38-29-15-5-4-10-25(29)21-23-34(38)45;1-2-11-27(12-3-1)39-42-40(28-21-23-36-32(24-28)30-16-6-7-19-35(30)46-36)44-41(43-39)45-33-18-9-14-26-13-8-17-31(37(26)33)38-29-15-5-4-10-25(29)20-22-34(38)45/h3*1-24H/i1D,2D,3D,12D,13D;2*1D,2D,3D,11D,12D. The molecule has 0 saturated heterocycles. The first-order valence-electron chi connectivity index (χ1n) is 52.4. The highest BCUT2D eigenvalue weighted by Gasteiger charge is 2.35. The molecule has 13 nitrogen and oxygen atoms in total. The summed E-state index contributed by atoms with van der Waals surface area (Å²) in [7, 11) is 0. The summed E-state index contributed by atoms with van der Waals surface area (Å²) in [4.78, 5) is 50.9. The van der Waals surface area contributed by atoms with Gasteiger partial charge in [-0.1, -0.05) is 351 Å². The number of aromatic nitrogens is 9. The van der Waals surface area contributed by atoms with E-state index in [2.05, 4.69) is 194 Å². The zero-order valence-corrected chi connectivity index (χ0v) is 74.1. The molecule has 0 unspecified atom stereocenters. The van der Waals surface area contributed by atoms with Gasteiger partial charge in [0.05, 0.1) is 54.7 Å². The number of rotatable bonds is 9. The number of hydrogen-bond donors (Lipinski definition) is 0. The summed E-state index contributed by atoms with van der Waals surface area (Å²) in [5.41, 5.74) is 14.7. The predicted octanol–water partition coefficient (Wildman–Crippen LogP) is 33.5. The fraction of sp³-hybridized carbons (Fsp3) is 0. The van der Waals surface area contributed by atoms with E-state index in [9.17, 15) is 0 Å². The van der Waals surface area contributed by atoms with E-state index < -0.39 is 66.5 Å². The van der Waals surface area contributed by atoms with Crippen LogP contribution in [0, 0.1) is 0 Å². The van der Waals surface area contributed by atoms with E-state index in [4.69, 9.17) is 69.8 Å². The number of furan rings is 1. The first-order chi connectivity index (χ1) is 74.6. The molecule has 30 rings (SSSR count). The molecule has 0 saturated carbocycles. The SMILES string of the molecule is [2H]c1c([2H])c([2H])c(-c2nc(-c3ccc4c(c3)sc3ccccc34)nc(N3c4ccc5ccccc5c4-c4cccc5cccc3c45)n2)c([2H])c1[2H].[2H]c1c([2H])c([2H])c(-c2nc(-c3ccc4sc5ccccc5c4c3)nc(N3c4ccc5ccccc5c4-c4cccc5cccc3c45)n2)c([2H])c1[2H].[2H]c1c([2H])c([2H])c(-c2nc(-c3cccc4oc5ccccc5c34)nc(N3c4ccc5ccccc5c4-c4cccc5cccc3c45)n2)c([2H])c1[2H]. The highest BCUT2D eigenvalue weighted by Crippen LogP contribution is 2.58. The Morgan fingerprint density at radius 2 is 0.529 bits per heavy atom. The van der Waals surface area contributed by atoms with Crippen molar-refractivity contribution in [3.05, 3.63) is 436 Å². The number of fused-ring (bicyclic) bond motifs is 21. The van der Waals surface area contributed by atoms with Crippen LogP contribution in [0.15, 0.2) is 441 Å². The lowest BCUT2D eigenvalue weighted by Crippen LogP contribution is -2.19. The summed E-state index contributed by atoms with van der Waals surface area (Å²) in [6.07, 6.45) is 0. The van der Waals surface area contributed by atoms with Crippen molar-refractivity contribution in [3.8, 4) is 102 Å². The Labute approximate surface area is 819 Å². The number of nitrogens with zero attached hydrogens (tertiary/aromatic N) is 12. The summed E-state index contributed by atoms with van der Waals surface area (Å²) in [6.45, 7) is 0. The van der Waals surface area contributed by atoms with Crippen LogP contribution >= 0.6 is 22.7 Å². The summed E-state index contributed by atoms with van der Waals surface area (Å²) < 4.78 is 139. The maximum atomic E-state index is 8.87. The molecular weight excluding hydrogens is 1730 g/mol. The third-order valence-electron chi connectivity index (χ3n) is 26.2. The second-order valence-electron chi connectivity index (χ2n) is 33.8. The van der Waals surface area contributed by atoms with E-state index >= 15 is 0 Å². The number of anilines is 9. The zero-order valence-electron chi connectivity index (χ0n) is 87.5. The third-order valence-corrected chi connectivity index (χ3v) is 28.5. The Balaban J connectivity index is 0.000000110. The highest BCUT2D eigenvalue weighted by molar-refractivity contribution is 7.26. The van der Waals surface area contributed by atoms with Crippen LogP contribution in [0.1, 0.15) is 20.6 Å². The molecule has 6 aromatic heterocycles. The minimum atomic E-state index is -0.488. The topological polar surface area (TPSA) is 139 Å². The molecule has 0 atom stereocenters. The van der Waals surface area contributed by atoms with Crippen molar-refractivity contribution in [2.45, 2.75) is 0 Å². The van der Waals surface area contributed by atoms with E-state index in [-0.39, 0.29) is 82.0 Å². The molecule has 642 valence electrons. The number of para-hydroxylation sites is 1. The molecule has 0 fully saturated rings. The summed E-state index contributed by atoms with van der Waals surface area (Å²) >= 11 is 3.40. The van der Waals surface area contributed by atoms with Gasteiger partial charge in [0.25, 0.3) is 0 Å². The average molecular weight is 1810 g/mol. The molecule has 138 heavy (non-hydrogen) atoms. The van der Waals surface area contributed by atoms with Crippen molar-refractivity contribution in [1.82, 2.24) is 44.9 Å². The molecule has 0 N–H and O–H groups in total. The molecule has 21 aromatic carbocycles. The van der Waals surface area contributed by atoms with Gasteiger partial charge in [-0.3, -0.25) is 14.7 Å². The van der Waals surface area contributed by atoms with E-state index in [0.717, 1.165) is 180 Å². The lowest BCUT2D eigenvalue weighted by molar-refractivity contribution is 0.669. The highest BCUT2D eigenvalue weighted by atomic mass is 32.1. The number of benzene rings is 21. The normalized spacial score (nSPS) is 13.8. The second-order valence-corrected chi connectivity index (χ2v) is 36.0. The molecule has 15 heteroatoms. The van der Waals surface area contributed by atoms with Gasteiger partial charge in [-0.15, -0.1) is 22.7 Å². The number of hydrogen-bond acceptors (Lipinski definition) is 15. The van der Waals surface area contributed by atoms with Gasteiger partial charge in [-0.2, -0.15) is 29.9 Å². The predicted molar refractivity (Wildman–Crippen MR) is 571 cm³/mol. The Hall–Kier alpha value is -18.2. The number of thiophene rings is 2. The van der Waals surface area contributed by atoms with Gasteiger partial charge in [-0.25, -0.2) is 15.0 Å². The van der Waals surface area contributed by atoms with Crippen molar-refractivity contribution < 1.29 is 25.0 Å². The largest absolute Gasteiger partial charge is 0.456 e. The Kier molecular flexibility index (Phi) is 14.9. The van der Waals surface area contributed by atoms with E-state index in [1.165, 1.54) is 14.8 Å². The first kappa shape index (κ1) is 64.6. The smallest absolute Gasteiger partial charge is 0.238 e. The van der Waals surface area contributed by atoms with E-state index in [1.807, 2.05) is 166 Å². The second kappa shape index (κ2) is 31.8. The fourth-order valence-electron chi connectivity index (χ4n) is 20.3. The van der Waals surface area contributed by atoms with Gasteiger partial charge in [0.1, 0.15) is 11.2 Å². The van der Waals surface area contributed by atoms with E-state index in [0.29, 0.717) is 28.4 Å². The molecule has 9 heterocycles. The minimum Gasteiger partial charge on any atom is -0.456 e. The third kappa shape index (κ3) is 12.8. The van der Waals surface area contributed by atoms with Crippen LogP contribution in [0.4, 0.5) is 52.0 Å². The van der Waals surface area contributed by atoms with Gasteiger partial charge in [0.2, 0.25) is 17.8 Å². The lowest BCUT2D eigenvalue weighted by atomic mass is 9.88. The van der Waals surface area contributed by atoms with Crippen LogP contribution in [-0.2, 0) is 0 Å². The van der Waals surface area contributed by atoms with Crippen molar-refractivity contribution in [2.75, 3.05) is 14.7 Å². The molecule has 0 bridgehead atoms. The molecule has 0 radical (unpaired) electrons. The van der Waals surface area contributed by atoms with Crippen LogP contribution in [0.5, 0.6) is 0 Å². The van der Waals surface area contributed by atoms with Crippen LogP contribution in [0.3, 0.4) is 0 Å². The molecular formula is C123H72N12OS2. The Morgan fingerprint density at radius 1 is 0.203 bits per heavy atom. The molecule has 3 aliphatic rings. The summed E-state index contributed by atoms with van der Waals surface area (Å²) in [6, 6.07) is 110. The van der Waals surface area contributed by atoms with Crippen molar-refractivity contribution in [1.29, 1.82) is 0 Å². The van der Waals surface area contributed by atoms with Gasteiger partial charge < -0.3 is 4.42 Å². The molecule has 0 spiro atoms. The lowest BCUT2D eigenvalue weighted by Gasteiger charge is -2.32. The van der Waals surface area contributed by atoms with Crippen molar-refractivity contribution in [3.63, 3.8) is 0 Å². The molecule has 0 aliphatic carbocycles. The molecule has 3 aliphatic heterocycles. The zero-order chi connectivity index (χ0) is 104. The van der Waals surface area contributed by atoms with Crippen LogP contribution in [0.2, 0.25) is 0 Å². The first-order valence-corrected chi connectivity index (χ1v) is 46.5. The maximum Gasteiger partial charge on any atom is 0.238 e. The van der Waals surface area contributed by atoms with Gasteiger partial charge >= 0.3 is 0 Å². The summed E-state index contributed by atoms with van der Waals surface area (Å²) in [5, 5.41) is 18.9. The van der Waals surface area contributed by atoms with Crippen molar-refractivity contribution >= 4 is 202 Å². The Morgan fingerprint density at radius 3 is 0.993 bits per heavy atom. The van der Waals surface area contributed by atoms with Gasteiger partial charge in [0, 0.05) is 117 Å². The molecule has 27 aromatic rings. The van der Waals surface area contributed by atoms with Crippen LogP contribution in [-0.4, -0.2) is 44.9 Å². The Bertz CT molecular complexity index is 10700. The fourth-order valence-corrected chi connectivity index (χ4v) is 22.5. The van der Waals surface area contributed by atoms with Crippen LogP contribution in [0.25, 0.3) is 229 Å². The van der Waals surface area contributed by atoms with Gasteiger partial charge in [0.15, 0.2) is 34.9 Å². The van der Waals surface area contributed by atoms with Crippen molar-refractivity contribution in [2.24, 2.45) is 0 Å². The van der Waals surface area contributed by atoms with Gasteiger partial charge in [-0.05, 0) is 150 Å². The maximum absolute atomic E-state index is 8.87. The molecule has 0 amide bonds. The van der Waals surface area contributed by atoms with Crippen LogP contribution < -0.4 is 14.7 Å².